The van der Waals surface area contributed by atoms with Crippen LogP contribution in [-0.4, -0.2) is 41.5 Å². The van der Waals surface area contributed by atoms with E-state index in [0.717, 1.165) is 12.8 Å². The molecule has 2 heterocycles. The summed E-state index contributed by atoms with van der Waals surface area (Å²) in [6.07, 6.45) is 4.13. The summed E-state index contributed by atoms with van der Waals surface area (Å²) in [5.74, 6) is -1.10. The molecule has 1 N–H and O–H groups in total. The maximum Gasteiger partial charge on any atom is 0.303 e. The third kappa shape index (κ3) is 3.80. The number of nitrogens with zero attached hydrogens (tertiary/aromatic N) is 2. The van der Waals surface area contributed by atoms with Crippen molar-refractivity contribution in [2.75, 3.05) is 6.54 Å². The van der Waals surface area contributed by atoms with Crippen molar-refractivity contribution >= 4 is 16.0 Å². The Morgan fingerprint density at radius 2 is 2.30 bits per heavy atom. The minimum Gasteiger partial charge on any atom is -0.481 e. The van der Waals surface area contributed by atoms with Crippen molar-refractivity contribution in [1.82, 2.24) is 9.46 Å². The second-order valence-corrected chi connectivity index (χ2v) is 6.86. The number of hydrogen-bond donors (Lipinski definition) is 1. The topological polar surface area (TPSA) is 101 Å². The molecule has 0 aliphatic carbocycles. The smallest absolute Gasteiger partial charge is 0.303 e. The second kappa shape index (κ2) is 6.36. The van der Waals surface area contributed by atoms with E-state index in [0.29, 0.717) is 25.1 Å². The van der Waals surface area contributed by atoms with Crippen LogP contribution in [-0.2, 0) is 20.6 Å². The van der Waals surface area contributed by atoms with Gasteiger partial charge >= 0.3 is 5.97 Å². The van der Waals surface area contributed by atoms with Crippen LogP contribution in [0, 0.1) is 0 Å². The van der Waals surface area contributed by atoms with Crippen LogP contribution in [0.25, 0.3) is 0 Å². The lowest BCUT2D eigenvalue weighted by Crippen LogP contribution is -2.44. The van der Waals surface area contributed by atoms with Gasteiger partial charge in [-0.25, -0.2) is 8.42 Å². The van der Waals surface area contributed by atoms with Gasteiger partial charge in [0.15, 0.2) is 0 Å². The average Bonchev–Trinajstić information content (AvgIpc) is 2.88. The molecule has 0 saturated carbocycles. The van der Waals surface area contributed by atoms with E-state index in [1.54, 1.807) is 0 Å². The molecule has 2 rings (SSSR count). The van der Waals surface area contributed by atoms with E-state index in [2.05, 4.69) is 9.68 Å². The summed E-state index contributed by atoms with van der Waals surface area (Å²) >= 11 is 0. The third-order valence-corrected chi connectivity index (χ3v) is 5.30. The van der Waals surface area contributed by atoms with Gasteiger partial charge in [-0.1, -0.05) is 11.6 Å². The van der Waals surface area contributed by atoms with Gasteiger partial charge in [0.05, 0.1) is 5.69 Å². The van der Waals surface area contributed by atoms with Crippen LogP contribution in [0.5, 0.6) is 0 Å². The molecule has 1 atom stereocenters. The second-order valence-electron chi connectivity index (χ2n) is 4.94. The van der Waals surface area contributed by atoms with E-state index in [4.69, 9.17) is 5.11 Å². The summed E-state index contributed by atoms with van der Waals surface area (Å²) in [5.41, 5.74) is 0.368. The first-order chi connectivity index (χ1) is 9.49. The standard InChI is InChI=1S/C12H18N2O5S/c15-12(16)5-4-11-3-1-2-7-14(11)20(17,18)9-10-6-8-19-13-10/h6,8,11H,1-5,7,9H2,(H,15,16). The van der Waals surface area contributed by atoms with Crippen LogP contribution >= 0.6 is 0 Å². The minimum absolute atomic E-state index is 0.0132. The van der Waals surface area contributed by atoms with Crippen LogP contribution in [0.15, 0.2) is 16.9 Å². The van der Waals surface area contributed by atoms with Gasteiger partial charge in [-0.2, -0.15) is 4.31 Å². The minimum atomic E-state index is -3.49. The Kier molecular flexibility index (Phi) is 4.77. The Morgan fingerprint density at radius 1 is 1.50 bits per heavy atom. The third-order valence-electron chi connectivity index (χ3n) is 3.44. The van der Waals surface area contributed by atoms with Gasteiger partial charge < -0.3 is 9.63 Å². The molecular weight excluding hydrogens is 284 g/mol. The summed E-state index contributed by atoms with van der Waals surface area (Å²) in [5, 5.41) is 12.4. The van der Waals surface area contributed by atoms with E-state index in [1.165, 1.54) is 16.6 Å². The molecule has 20 heavy (non-hydrogen) atoms. The fraction of sp³-hybridized carbons (Fsp3) is 0.667. The summed E-state index contributed by atoms with van der Waals surface area (Å²) in [6.45, 7) is 0.449. The molecule has 7 nitrogen and oxygen atoms in total. The highest BCUT2D eigenvalue weighted by Crippen LogP contribution is 2.25. The van der Waals surface area contributed by atoms with Crippen molar-refractivity contribution in [1.29, 1.82) is 0 Å². The van der Waals surface area contributed by atoms with Gasteiger partial charge in [0, 0.05) is 25.1 Å². The molecule has 0 radical (unpaired) electrons. The molecular formula is C12H18N2O5S. The van der Waals surface area contributed by atoms with Crippen molar-refractivity contribution in [3.63, 3.8) is 0 Å². The molecule has 0 bridgehead atoms. The highest BCUT2D eigenvalue weighted by Gasteiger charge is 2.32. The number of carboxylic acid groups (broad SMARTS) is 1. The Labute approximate surface area is 117 Å². The number of hydrogen-bond acceptors (Lipinski definition) is 5. The highest BCUT2D eigenvalue weighted by atomic mass is 32.2. The molecule has 0 aromatic carbocycles. The molecule has 0 amide bonds. The van der Waals surface area contributed by atoms with Crippen molar-refractivity contribution in [2.45, 2.75) is 43.9 Å². The first kappa shape index (κ1) is 15.0. The van der Waals surface area contributed by atoms with E-state index in [9.17, 15) is 13.2 Å². The first-order valence-corrected chi connectivity index (χ1v) is 8.20. The largest absolute Gasteiger partial charge is 0.481 e. The lowest BCUT2D eigenvalue weighted by molar-refractivity contribution is -0.137. The highest BCUT2D eigenvalue weighted by molar-refractivity contribution is 7.88. The number of carbonyl (C=O) groups is 1. The lowest BCUT2D eigenvalue weighted by atomic mass is 10.0. The van der Waals surface area contributed by atoms with Crippen LogP contribution < -0.4 is 0 Å². The monoisotopic (exact) mass is 302 g/mol. The SMILES string of the molecule is O=C(O)CCC1CCCCN1S(=O)(=O)Cc1ccon1. The Bertz CT molecular complexity index is 540. The number of rotatable bonds is 6. The summed E-state index contributed by atoms with van der Waals surface area (Å²) in [4.78, 5) is 10.7. The van der Waals surface area contributed by atoms with E-state index in [1.807, 2.05) is 0 Å². The fourth-order valence-electron chi connectivity index (χ4n) is 2.50. The molecule has 1 aliphatic rings. The summed E-state index contributed by atoms with van der Waals surface area (Å²) in [7, 11) is -3.49. The van der Waals surface area contributed by atoms with Gasteiger partial charge in [-0.3, -0.25) is 4.79 Å². The molecule has 1 aromatic heterocycles. The van der Waals surface area contributed by atoms with Crippen LogP contribution in [0.3, 0.4) is 0 Å². The van der Waals surface area contributed by atoms with Crippen LogP contribution in [0.2, 0.25) is 0 Å². The number of carboxylic acids is 1. The molecule has 1 fully saturated rings. The normalized spacial score (nSPS) is 20.9. The number of sulfonamides is 1. The number of piperidine rings is 1. The zero-order valence-corrected chi connectivity index (χ0v) is 11.9. The molecule has 1 unspecified atom stereocenters. The fourth-order valence-corrected chi connectivity index (χ4v) is 4.26. The van der Waals surface area contributed by atoms with Crippen molar-refractivity contribution in [3.05, 3.63) is 18.0 Å². The van der Waals surface area contributed by atoms with Gasteiger partial charge in [-0.05, 0) is 19.3 Å². The first-order valence-electron chi connectivity index (χ1n) is 6.59. The quantitative estimate of drug-likeness (QED) is 0.848. The Hall–Kier alpha value is -1.41. The molecule has 8 heteroatoms. The van der Waals surface area contributed by atoms with Gasteiger partial charge in [0.25, 0.3) is 0 Å². The molecule has 112 valence electrons. The maximum absolute atomic E-state index is 12.4. The van der Waals surface area contributed by atoms with Gasteiger partial charge in [-0.15, -0.1) is 0 Å². The van der Waals surface area contributed by atoms with Crippen LogP contribution in [0.4, 0.5) is 0 Å². The molecule has 1 aromatic rings. The number of aromatic nitrogens is 1. The summed E-state index contributed by atoms with van der Waals surface area (Å²) in [6, 6.07) is 1.30. The van der Waals surface area contributed by atoms with E-state index in [-0.39, 0.29) is 18.2 Å². The van der Waals surface area contributed by atoms with Gasteiger partial charge in [0.1, 0.15) is 12.0 Å². The van der Waals surface area contributed by atoms with Gasteiger partial charge in [0.2, 0.25) is 10.0 Å². The zero-order valence-electron chi connectivity index (χ0n) is 11.1. The Balaban J connectivity index is 2.07. The van der Waals surface area contributed by atoms with E-state index >= 15 is 0 Å². The molecule has 1 aliphatic heterocycles. The van der Waals surface area contributed by atoms with Crippen molar-refractivity contribution < 1.29 is 22.8 Å². The zero-order chi connectivity index (χ0) is 14.6. The average molecular weight is 302 g/mol. The lowest BCUT2D eigenvalue weighted by Gasteiger charge is -2.34. The maximum atomic E-state index is 12.4. The summed E-state index contributed by atoms with van der Waals surface area (Å²) < 4.78 is 30.9. The molecule has 1 saturated heterocycles. The van der Waals surface area contributed by atoms with Crippen molar-refractivity contribution in [3.8, 4) is 0 Å². The predicted octanol–water partition coefficient (Wildman–Crippen LogP) is 1.22. The molecule has 0 spiro atoms. The van der Waals surface area contributed by atoms with Crippen LogP contribution in [0.1, 0.15) is 37.8 Å². The van der Waals surface area contributed by atoms with Crippen molar-refractivity contribution in [2.24, 2.45) is 0 Å². The number of aliphatic carboxylic acids is 1. The van der Waals surface area contributed by atoms with E-state index < -0.39 is 16.0 Å². The predicted molar refractivity (Wildman–Crippen MR) is 70.3 cm³/mol. The Morgan fingerprint density at radius 3 is 2.95 bits per heavy atom.